The smallest absolute Gasteiger partial charge is 0.237 e. The summed E-state index contributed by atoms with van der Waals surface area (Å²) in [6, 6.07) is 16.4. The van der Waals surface area contributed by atoms with Gasteiger partial charge in [0.05, 0.1) is 5.25 Å². The highest BCUT2D eigenvalue weighted by Gasteiger charge is 2.20. The van der Waals surface area contributed by atoms with Crippen LogP contribution in [0.3, 0.4) is 0 Å². The summed E-state index contributed by atoms with van der Waals surface area (Å²) >= 11 is 1.37. The third-order valence-corrected chi connectivity index (χ3v) is 6.71. The zero-order chi connectivity index (χ0) is 22.4. The van der Waals surface area contributed by atoms with Crippen LogP contribution in [0.25, 0.3) is 27.5 Å². The van der Waals surface area contributed by atoms with Gasteiger partial charge in [-0.15, -0.1) is 10.2 Å². The number of hydrogen-bond donors (Lipinski definition) is 1. The molecule has 3 heterocycles. The molecule has 0 aliphatic carbocycles. The molecule has 0 spiro atoms. The molecule has 7 nitrogen and oxygen atoms in total. The van der Waals surface area contributed by atoms with Gasteiger partial charge in [0.1, 0.15) is 5.82 Å². The van der Waals surface area contributed by atoms with Gasteiger partial charge in [-0.1, -0.05) is 30.0 Å². The van der Waals surface area contributed by atoms with Crippen molar-refractivity contribution in [1.29, 1.82) is 0 Å². The number of aryl methyl sites for hydroxylation is 3. The van der Waals surface area contributed by atoms with Crippen LogP contribution in [0.2, 0.25) is 0 Å². The number of para-hydroxylation sites is 1. The van der Waals surface area contributed by atoms with Crippen molar-refractivity contribution in [1.82, 2.24) is 24.1 Å². The molecule has 2 aromatic carbocycles. The number of carbonyl (C=O) groups excluding carboxylic acids is 1. The van der Waals surface area contributed by atoms with Crippen LogP contribution in [0.4, 0.5) is 5.69 Å². The molecule has 3 aromatic heterocycles. The van der Waals surface area contributed by atoms with Crippen LogP contribution < -0.4 is 5.32 Å². The Hall–Kier alpha value is -3.39. The van der Waals surface area contributed by atoms with E-state index in [1.54, 1.807) is 0 Å². The molecule has 1 amide bonds. The van der Waals surface area contributed by atoms with Crippen LogP contribution in [0.5, 0.6) is 0 Å². The number of carbonyl (C=O) groups is 1. The topological polar surface area (TPSA) is 77.1 Å². The highest BCUT2D eigenvalue weighted by molar-refractivity contribution is 8.00. The molecule has 0 fully saturated rings. The first-order valence-corrected chi connectivity index (χ1v) is 11.5. The van der Waals surface area contributed by atoms with Gasteiger partial charge >= 0.3 is 0 Å². The minimum absolute atomic E-state index is 0.0805. The molecule has 5 rings (SSSR count). The van der Waals surface area contributed by atoms with E-state index in [1.165, 1.54) is 28.2 Å². The Morgan fingerprint density at radius 1 is 1.06 bits per heavy atom. The number of hydrogen-bond acceptors (Lipinski definition) is 5. The lowest BCUT2D eigenvalue weighted by Crippen LogP contribution is -2.22. The summed E-state index contributed by atoms with van der Waals surface area (Å²) in [7, 11) is 0. The Labute approximate surface area is 189 Å². The monoisotopic (exact) mass is 444 g/mol. The van der Waals surface area contributed by atoms with E-state index >= 15 is 0 Å². The molecule has 0 bridgehead atoms. The Balaban J connectivity index is 1.41. The number of fused-ring (bicyclic) bond motifs is 4. The Kier molecular flexibility index (Phi) is 5.09. The number of benzene rings is 2. The molecule has 1 N–H and O–H groups in total. The number of nitrogens with zero attached hydrogens (tertiary/aromatic N) is 5. The SMILES string of the molecule is CCn1c2ccccc2c2cc(NC(=O)C(C)Sc3nnc4cc(C)nc(C)n34)ccc21. The molecule has 5 aromatic rings. The molecule has 162 valence electrons. The predicted octanol–water partition coefficient (Wildman–Crippen LogP) is 4.99. The van der Waals surface area contributed by atoms with Crippen molar-refractivity contribution >= 4 is 50.8 Å². The van der Waals surface area contributed by atoms with E-state index < -0.39 is 0 Å². The lowest BCUT2D eigenvalue weighted by Gasteiger charge is -2.12. The van der Waals surface area contributed by atoms with Crippen molar-refractivity contribution < 1.29 is 4.79 Å². The minimum atomic E-state index is -0.351. The van der Waals surface area contributed by atoms with E-state index in [2.05, 4.69) is 62.3 Å². The van der Waals surface area contributed by atoms with Gasteiger partial charge in [0.25, 0.3) is 0 Å². The van der Waals surface area contributed by atoms with Gasteiger partial charge in [0.15, 0.2) is 10.8 Å². The van der Waals surface area contributed by atoms with Crippen LogP contribution in [0, 0.1) is 13.8 Å². The summed E-state index contributed by atoms with van der Waals surface area (Å²) in [5.41, 5.74) is 4.79. The highest BCUT2D eigenvalue weighted by atomic mass is 32.2. The first-order chi connectivity index (χ1) is 15.5. The molecule has 0 aliphatic heterocycles. The number of amides is 1. The zero-order valence-corrected chi connectivity index (χ0v) is 19.3. The van der Waals surface area contributed by atoms with Crippen molar-refractivity contribution in [3.8, 4) is 0 Å². The van der Waals surface area contributed by atoms with Gasteiger partial charge in [-0.2, -0.15) is 0 Å². The Morgan fingerprint density at radius 3 is 2.66 bits per heavy atom. The van der Waals surface area contributed by atoms with Gasteiger partial charge in [0, 0.05) is 45.8 Å². The summed E-state index contributed by atoms with van der Waals surface area (Å²) in [6.07, 6.45) is 0. The van der Waals surface area contributed by atoms with E-state index in [4.69, 9.17) is 0 Å². The molecule has 0 saturated heterocycles. The molecule has 0 aliphatic rings. The first kappa shape index (κ1) is 20.5. The minimum Gasteiger partial charge on any atom is -0.341 e. The van der Waals surface area contributed by atoms with Crippen molar-refractivity contribution in [2.45, 2.75) is 44.6 Å². The zero-order valence-electron chi connectivity index (χ0n) is 18.5. The molecule has 0 radical (unpaired) electrons. The molecule has 32 heavy (non-hydrogen) atoms. The summed E-state index contributed by atoms with van der Waals surface area (Å²) in [4.78, 5) is 17.4. The van der Waals surface area contributed by atoms with Crippen molar-refractivity contribution in [2.75, 3.05) is 5.32 Å². The van der Waals surface area contributed by atoms with Gasteiger partial charge in [-0.25, -0.2) is 4.98 Å². The summed E-state index contributed by atoms with van der Waals surface area (Å²) in [5, 5.41) is 14.2. The van der Waals surface area contributed by atoms with E-state index in [-0.39, 0.29) is 11.2 Å². The Bertz CT molecular complexity index is 1480. The number of thioether (sulfide) groups is 1. The van der Waals surface area contributed by atoms with Gasteiger partial charge in [-0.3, -0.25) is 9.20 Å². The number of rotatable bonds is 5. The average molecular weight is 445 g/mol. The van der Waals surface area contributed by atoms with Crippen molar-refractivity contribution in [2.24, 2.45) is 0 Å². The molecule has 1 atom stereocenters. The van der Waals surface area contributed by atoms with Crippen LogP contribution in [-0.2, 0) is 11.3 Å². The lowest BCUT2D eigenvalue weighted by molar-refractivity contribution is -0.115. The van der Waals surface area contributed by atoms with Gasteiger partial charge in [0.2, 0.25) is 5.91 Å². The number of nitrogens with one attached hydrogen (secondary N) is 1. The van der Waals surface area contributed by atoms with Gasteiger partial charge in [-0.05, 0) is 52.0 Å². The van der Waals surface area contributed by atoms with Crippen LogP contribution >= 0.6 is 11.8 Å². The van der Waals surface area contributed by atoms with Crippen molar-refractivity contribution in [3.63, 3.8) is 0 Å². The standard InChI is InChI=1S/C24H24N6OS/c1-5-29-20-9-7-6-8-18(20)19-13-17(10-11-21(19)29)26-23(31)15(3)32-24-28-27-22-12-14(2)25-16(4)30(22)24/h6-13,15H,5H2,1-4H3,(H,26,31). The molecule has 1 unspecified atom stereocenters. The number of anilines is 1. The molecular formula is C24H24N6OS. The number of aromatic nitrogens is 5. The fourth-order valence-electron chi connectivity index (χ4n) is 4.21. The quantitative estimate of drug-likeness (QED) is 0.387. The normalized spacial score (nSPS) is 12.6. The second-order valence-corrected chi connectivity index (χ2v) is 9.17. The van der Waals surface area contributed by atoms with Gasteiger partial charge < -0.3 is 9.88 Å². The average Bonchev–Trinajstić information content (AvgIpc) is 3.32. The van der Waals surface area contributed by atoms with Crippen LogP contribution in [0.1, 0.15) is 25.4 Å². The lowest BCUT2D eigenvalue weighted by atomic mass is 10.1. The fraction of sp³-hybridized carbons (Fsp3) is 0.250. The van der Waals surface area contributed by atoms with E-state index in [0.29, 0.717) is 5.16 Å². The maximum Gasteiger partial charge on any atom is 0.237 e. The van der Waals surface area contributed by atoms with Crippen LogP contribution in [0.15, 0.2) is 53.7 Å². The maximum atomic E-state index is 13.0. The van der Waals surface area contributed by atoms with E-state index in [1.807, 2.05) is 43.4 Å². The predicted molar refractivity (Wildman–Crippen MR) is 129 cm³/mol. The highest BCUT2D eigenvalue weighted by Crippen LogP contribution is 2.31. The summed E-state index contributed by atoms with van der Waals surface area (Å²) in [5.74, 6) is 0.723. The summed E-state index contributed by atoms with van der Waals surface area (Å²) < 4.78 is 4.18. The molecule has 8 heteroatoms. The molecule has 0 saturated carbocycles. The third kappa shape index (κ3) is 3.40. The van der Waals surface area contributed by atoms with Crippen molar-refractivity contribution in [3.05, 3.63) is 60.0 Å². The molecular weight excluding hydrogens is 420 g/mol. The fourth-order valence-corrected chi connectivity index (χ4v) is 5.11. The Morgan fingerprint density at radius 2 is 1.84 bits per heavy atom. The van der Waals surface area contributed by atoms with E-state index in [9.17, 15) is 4.79 Å². The first-order valence-electron chi connectivity index (χ1n) is 10.6. The summed E-state index contributed by atoms with van der Waals surface area (Å²) in [6.45, 7) is 8.76. The second-order valence-electron chi connectivity index (χ2n) is 7.86. The van der Waals surface area contributed by atoms with E-state index in [0.717, 1.165) is 34.8 Å². The second kappa shape index (κ2) is 7.94. The maximum absolute atomic E-state index is 13.0. The largest absolute Gasteiger partial charge is 0.341 e. The van der Waals surface area contributed by atoms with Crippen LogP contribution in [-0.4, -0.2) is 35.3 Å². The third-order valence-electron chi connectivity index (χ3n) is 5.67.